The van der Waals surface area contributed by atoms with Crippen molar-refractivity contribution in [1.82, 2.24) is 5.32 Å². The quantitative estimate of drug-likeness (QED) is 0.0420. The van der Waals surface area contributed by atoms with Crippen LogP contribution < -0.4 is 5.32 Å². The van der Waals surface area contributed by atoms with Crippen LogP contribution in [0.1, 0.15) is 354 Å². The van der Waals surface area contributed by atoms with E-state index in [0.717, 1.165) is 57.8 Å². The summed E-state index contributed by atoms with van der Waals surface area (Å²) >= 11 is 0. The molecule has 0 aromatic rings. The molecule has 0 radical (unpaired) electrons. The van der Waals surface area contributed by atoms with Crippen LogP contribution in [0.5, 0.6) is 0 Å². The highest BCUT2D eigenvalue weighted by Crippen LogP contribution is 2.19. The van der Waals surface area contributed by atoms with Crippen molar-refractivity contribution < 1.29 is 15.0 Å². The maximum Gasteiger partial charge on any atom is 0.220 e. The van der Waals surface area contributed by atoms with E-state index in [4.69, 9.17) is 0 Å². The summed E-state index contributed by atoms with van der Waals surface area (Å²) in [5.74, 6) is -0.0293. The van der Waals surface area contributed by atoms with Gasteiger partial charge in [0, 0.05) is 6.42 Å². The Balaban J connectivity index is 3.42. The highest BCUT2D eigenvalue weighted by Gasteiger charge is 2.20. The van der Waals surface area contributed by atoms with Crippen LogP contribution in [0.3, 0.4) is 0 Å². The molecule has 0 bridgehead atoms. The monoisotopic (exact) mass is 1020 g/mol. The summed E-state index contributed by atoms with van der Waals surface area (Å²) in [7, 11) is 0. The van der Waals surface area contributed by atoms with Crippen molar-refractivity contribution in [2.24, 2.45) is 0 Å². The lowest BCUT2D eigenvalue weighted by atomic mass is 10.0. The molecule has 0 spiro atoms. The van der Waals surface area contributed by atoms with Crippen LogP contribution >= 0.6 is 0 Å². The summed E-state index contributed by atoms with van der Waals surface area (Å²) in [6.45, 7) is 4.28. The number of hydrogen-bond donors (Lipinski definition) is 3. The van der Waals surface area contributed by atoms with Crippen LogP contribution in [0.15, 0.2) is 60.8 Å². The molecular weight excluding hydrogens is 891 g/mol. The van der Waals surface area contributed by atoms with Crippen LogP contribution in [-0.4, -0.2) is 34.9 Å². The Kier molecular flexibility index (Phi) is 62.7. The van der Waals surface area contributed by atoms with Gasteiger partial charge in [0.25, 0.3) is 0 Å². The summed E-state index contributed by atoms with van der Waals surface area (Å²) in [6, 6.07) is -0.541. The summed E-state index contributed by atoms with van der Waals surface area (Å²) in [5, 5.41) is 23.4. The number of unbranched alkanes of at least 4 members (excludes halogenated alkanes) is 44. The molecule has 2 atom stereocenters. The fourth-order valence-electron chi connectivity index (χ4n) is 10.3. The zero-order valence-corrected chi connectivity index (χ0v) is 49.4. The zero-order chi connectivity index (χ0) is 52.7. The number of rotatable bonds is 61. The first-order chi connectivity index (χ1) is 36.2. The maximum atomic E-state index is 12.5. The number of allylic oxidation sites excluding steroid dienone is 10. The van der Waals surface area contributed by atoms with Crippen molar-refractivity contribution in [3.8, 4) is 0 Å². The van der Waals surface area contributed by atoms with Gasteiger partial charge in [-0.3, -0.25) is 4.79 Å². The first-order valence-corrected chi connectivity index (χ1v) is 33.0. The van der Waals surface area contributed by atoms with Crippen molar-refractivity contribution in [2.45, 2.75) is 366 Å². The van der Waals surface area contributed by atoms with Crippen LogP contribution in [-0.2, 0) is 4.79 Å². The summed E-state index contributed by atoms with van der Waals surface area (Å²) in [5.41, 5.74) is 0. The summed E-state index contributed by atoms with van der Waals surface area (Å²) in [4.78, 5) is 12.5. The predicted molar refractivity (Wildman–Crippen MR) is 327 cm³/mol. The lowest BCUT2D eigenvalue weighted by Gasteiger charge is -2.22. The average Bonchev–Trinajstić information content (AvgIpc) is 3.40. The molecule has 0 fully saturated rings. The molecule has 0 aliphatic carbocycles. The molecule has 3 N–H and O–H groups in total. The van der Waals surface area contributed by atoms with Gasteiger partial charge in [-0.1, -0.05) is 351 Å². The lowest BCUT2D eigenvalue weighted by molar-refractivity contribution is -0.123. The van der Waals surface area contributed by atoms with Gasteiger partial charge >= 0.3 is 0 Å². The van der Waals surface area contributed by atoms with Crippen molar-refractivity contribution in [3.05, 3.63) is 60.8 Å². The molecule has 428 valence electrons. The Morgan fingerprint density at radius 2 is 0.603 bits per heavy atom. The smallest absolute Gasteiger partial charge is 0.220 e. The number of hydrogen-bond acceptors (Lipinski definition) is 3. The van der Waals surface area contributed by atoms with Gasteiger partial charge in [0.2, 0.25) is 5.91 Å². The van der Waals surface area contributed by atoms with Gasteiger partial charge in [-0.05, 0) is 57.8 Å². The molecule has 0 saturated heterocycles. The van der Waals surface area contributed by atoms with Crippen LogP contribution in [0.4, 0.5) is 0 Å². The average molecular weight is 1020 g/mol. The minimum Gasteiger partial charge on any atom is -0.394 e. The molecule has 0 aromatic heterocycles. The third kappa shape index (κ3) is 60.8. The van der Waals surface area contributed by atoms with E-state index in [0.29, 0.717) is 12.8 Å². The van der Waals surface area contributed by atoms with Crippen LogP contribution in [0.25, 0.3) is 0 Å². The van der Waals surface area contributed by atoms with Gasteiger partial charge in [-0.25, -0.2) is 0 Å². The molecule has 0 rings (SSSR count). The number of aliphatic hydroxyl groups excluding tert-OH is 2. The molecule has 73 heavy (non-hydrogen) atoms. The van der Waals surface area contributed by atoms with Gasteiger partial charge in [0.1, 0.15) is 0 Å². The van der Waals surface area contributed by atoms with Crippen molar-refractivity contribution in [1.29, 1.82) is 0 Å². The molecule has 0 saturated carbocycles. The molecule has 4 nitrogen and oxygen atoms in total. The Morgan fingerprint density at radius 3 is 0.904 bits per heavy atom. The fraction of sp³-hybridized carbons (Fsp3) is 0.841. The summed E-state index contributed by atoms with van der Waals surface area (Å²) < 4.78 is 0. The number of aliphatic hydroxyl groups is 2. The van der Waals surface area contributed by atoms with Crippen LogP contribution in [0.2, 0.25) is 0 Å². The van der Waals surface area contributed by atoms with E-state index in [2.05, 4.69) is 79.9 Å². The SMILES string of the molecule is CC/C=C\C/C=C\C/C=C\C/C=C\C/C=C\CCCCCCCCCCCCCCCC(=O)NC(CO)C(O)CCCCCCCCCCCCCCCCCCCCCCCCCCCCCCCCCC. The number of carbonyl (C=O) groups is 1. The second kappa shape index (κ2) is 64.4. The third-order valence-corrected chi connectivity index (χ3v) is 15.3. The number of carbonyl (C=O) groups excluding carboxylic acids is 1. The summed E-state index contributed by atoms with van der Waals surface area (Å²) in [6.07, 6.45) is 91.1. The number of amides is 1. The molecule has 1 amide bonds. The van der Waals surface area contributed by atoms with E-state index in [1.54, 1.807) is 0 Å². The normalized spacial score (nSPS) is 13.1. The Bertz CT molecular complexity index is 1200. The first-order valence-electron chi connectivity index (χ1n) is 33.0. The highest BCUT2D eigenvalue weighted by molar-refractivity contribution is 5.76. The van der Waals surface area contributed by atoms with Crippen LogP contribution in [0, 0.1) is 0 Å². The lowest BCUT2D eigenvalue weighted by Crippen LogP contribution is -2.45. The van der Waals surface area contributed by atoms with E-state index in [9.17, 15) is 15.0 Å². The largest absolute Gasteiger partial charge is 0.394 e. The van der Waals surface area contributed by atoms with E-state index in [1.165, 1.54) is 270 Å². The molecule has 4 heteroatoms. The Labute approximate surface area is 457 Å². The van der Waals surface area contributed by atoms with E-state index < -0.39 is 12.1 Å². The van der Waals surface area contributed by atoms with Crippen molar-refractivity contribution in [2.75, 3.05) is 6.61 Å². The van der Waals surface area contributed by atoms with E-state index in [-0.39, 0.29) is 12.5 Å². The number of nitrogens with one attached hydrogen (secondary N) is 1. The van der Waals surface area contributed by atoms with E-state index in [1.807, 2.05) is 0 Å². The maximum absolute atomic E-state index is 12.5. The molecule has 0 heterocycles. The predicted octanol–water partition coefficient (Wildman–Crippen LogP) is 22.3. The van der Waals surface area contributed by atoms with Crippen molar-refractivity contribution in [3.63, 3.8) is 0 Å². The van der Waals surface area contributed by atoms with Gasteiger partial charge in [0.15, 0.2) is 0 Å². The molecule has 2 unspecified atom stereocenters. The fourth-order valence-corrected chi connectivity index (χ4v) is 10.3. The minimum atomic E-state index is -0.664. The molecule has 0 aromatic carbocycles. The molecule has 0 aliphatic heterocycles. The second-order valence-electron chi connectivity index (χ2n) is 22.5. The Hall–Kier alpha value is -1.91. The zero-order valence-electron chi connectivity index (χ0n) is 49.4. The van der Waals surface area contributed by atoms with Gasteiger partial charge < -0.3 is 15.5 Å². The van der Waals surface area contributed by atoms with E-state index >= 15 is 0 Å². The van der Waals surface area contributed by atoms with Gasteiger partial charge in [-0.2, -0.15) is 0 Å². The first kappa shape index (κ1) is 71.1. The highest BCUT2D eigenvalue weighted by atomic mass is 16.3. The third-order valence-electron chi connectivity index (χ3n) is 15.3. The van der Waals surface area contributed by atoms with Gasteiger partial charge in [-0.15, -0.1) is 0 Å². The minimum absolute atomic E-state index is 0.0293. The van der Waals surface area contributed by atoms with Crippen molar-refractivity contribution >= 4 is 5.91 Å². The molecule has 0 aliphatic rings. The van der Waals surface area contributed by atoms with Gasteiger partial charge in [0.05, 0.1) is 18.8 Å². The molecular formula is C69H129NO3. The standard InChI is InChI=1S/C69H129NO3/c1-3-5-7-9-11-13-15-17-19-21-23-25-27-29-31-33-34-35-37-38-40-42-44-46-48-50-52-54-56-58-60-62-64-68(72)67(66-71)70-69(73)65-63-61-59-57-55-53-51-49-47-45-43-41-39-36-32-30-28-26-24-22-20-18-16-14-12-10-8-6-4-2/h6,8,12,14,18,20,24,26,30,32,67-68,71-72H,3-5,7,9-11,13,15-17,19,21-23,25,27-29,31,33-66H2,1-2H3,(H,70,73)/b8-6-,14-12-,20-18-,26-24-,32-30-. The second-order valence-corrected chi connectivity index (χ2v) is 22.5. The topological polar surface area (TPSA) is 69.6 Å². The Morgan fingerprint density at radius 1 is 0.342 bits per heavy atom.